The Balaban J connectivity index is 2.02. The molecule has 0 aliphatic carbocycles. The Morgan fingerprint density at radius 2 is 2.05 bits per heavy atom. The van der Waals surface area contributed by atoms with Gasteiger partial charge in [0, 0.05) is 18.0 Å². The van der Waals surface area contributed by atoms with Crippen LogP contribution in [-0.2, 0) is 14.6 Å². The number of hydrogen-bond acceptors (Lipinski definition) is 3. The third-order valence-electron chi connectivity index (χ3n) is 3.89. The zero-order chi connectivity index (χ0) is 13.8. The molecule has 2 aliphatic rings. The number of amides is 1. The summed E-state index contributed by atoms with van der Waals surface area (Å²) in [5.41, 5.74) is 1.27. The molecule has 0 N–H and O–H groups in total. The average molecular weight is 283 g/mol. The Labute approximate surface area is 111 Å². The molecular weight excluding hydrogens is 269 g/mol. The van der Waals surface area contributed by atoms with Crippen LogP contribution < -0.4 is 4.90 Å². The Morgan fingerprint density at radius 1 is 1.32 bits per heavy atom. The number of halogens is 1. The maximum atomic E-state index is 13.1. The van der Waals surface area contributed by atoms with E-state index in [1.54, 1.807) is 17.9 Å². The Hall–Kier alpha value is -1.43. The summed E-state index contributed by atoms with van der Waals surface area (Å²) in [6, 6.07) is 3.92. The molecule has 2 fully saturated rings. The van der Waals surface area contributed by atoms with Crippen molar-refractivity contribution in [2.45, 2.75) is 19.4 Å². The molecule has 0 radical (unpaired) electrons. The predicted molar refractivity (Wildman–Crippen MR) is 69.2 cm³/mol. The predicted octanol–water partition coefficient (Wildman–Crippen LogP) is 1.28. The molecule has 1 aromatic carbocycles. The van der Waals surface area contributed by atoms with Crippen molar-refractivity contribution >= 4 is 21.4 Å². The van der Waals surface area contributed by atoms with Gasteiger partial charge in [-0.3, -0.25) is 4.79 Å². The third-order valence-corrected chi connectivity index (χ3v) is 5.68. The van der Waals surface area contributed by atoms with Crippen LogP contribution in [0.1, 0.15) is 12.0 Å². The van der Waals surface area contributed by atoms with Crippen LogP contribution >= 0.6 is 0 Å². The number of sulfone groups is 1. The first-order valence-corrected chi connectivity index (χ1v) is 7.98. The van der Waals surface area contributed by atoms with E-state index >= 15 is 0 Å². The second kappa shape index (κ2) is 4.03. The van der Waals surface area contributed by atoms with Crippen LogP contribution in [0.5, 0.6) is 0 Å². The van der Waals surface area contributed by atoms with Crippen molar-refractivity contribution in [3.63, 3.8) is 0 Å². The summed E-state index contributed by atoms with van der Waals surface area (Å²) in [5.74, 6) is -0.453. The minimum Gasteiger partial charge on any atom is -0.308 e. The fourth-order valence-corrected chi connectivity index (χ4v) is 5.16. The molecule has 2 heterocycles. The van der Waals surface area contributed by atoms with Crippen molar-refractivity contribution in [2.24, 2.45) is 5.92 Å². The molecule has 2 atom stereocenters. The summed E-state index contributed by atoms with van der Waals surface area (Å²) < 4.78 is 36.5. The smallest absolute Gasteiger partial charge is 0.227 e. The second-order valence-corrected chi connectivity index (χ2v) is 7.46. The molecule has 0 bridgehead atoms. The number of aryl methyl sites for hydroxylation is 1. The highest BCUT2D eigenvalue weighted by Crippen LogP contribution is 2.38. The van der Waals surface area contributed by atoms with Crippen LogP contribution in [0.3, 0.4) is 0 Å². The Bertz CT molecular complexity index is 656. The lowest BCUT2D eigenvalue weighted by Crippen LogP contribution is -2.36. The van der Waals surface area contributed by atoms with E-state index in [2.05, 4.69) is 0 Å². The van der Waals surface area contributed by atoms with Crippen LogP contribution in [0.4, 0.5) is 10.1 Å². The second-order valence-electron chi connectivity index (χ2n) is 5.30. The van der Waals surface area contributed by atoms with E-state index in [-0.39, 0.29) is 41.6 Å². The van der Waals surface area contributed by atoms with Gasteiger partial charge in [0.05, 0.1) is 17.5 Å². The Morgan fingerprint density at radius 3 is 2.74 bits per heavy atom. The van der Waals surface area contributed by atoms with Gasteiger partial charge >= 0.3 is 0 Å². The summed E-state index contributed by atoms with van der Waals surface area (Å²) in [6.45, 7) is 1.72. The summed E-state index contributed by atoms with van der Waals surface area (Å²) in [5, 5.41) is 0. The van der Waals surface area contributed by atoms with Gasteiger partial charge in [-0.05, 0) is 30.7 Å². The van der Waals surface area contributed by atoms with Gasteiger partial charge in [0.25, 0.3) is 0 Å². The van der Waals surface area contributed by atoms with E-state index in [0.29, 0.717) is 11.3 Å². The van der Waals surface area contributed by atoms with E-state index in [4.69, 9.17) is 0 Å². The van der Waals surface area contributed by atoms with E-state index in [1.807, 2.05) is 0 Å². The number of carbonyl (C=O) groups is 1. The van der Waals surface area contributed by atoms with Gasteiger partial charge in [0.15, 0.2) is 9.84 Å². The van der Waals surface area contributed by atoms with Crippen LogP contribution in [-0.4, -0.2) is 31.9 Å². The highest BCUT2D eigenvalue weighted by atomic mass is 32.2. The topological polar surface area (TPSA) is 54.5 Å². The molecule has 19 heavy (non-hydrogen) atoms. The zero-order valence-electron chi connectivity index (χ0n) is 10.5. The standard InChI is InChI=1S/C13H14FNO3S/c1-8-4-10(14)2-3-11(8)15-12-7-19(17,18)6-9(12)5-13(15)16/h2-4,9,12H,5-7H2,1H3/t9-,12+/m1/s1. The van der Waals surface area contributed by atoms with Crippen LogP contribution in [0, 0.1) is 18.7 Å². The number of benzene rings is 1. The summed E-state index contributed by atoms with van der Waals surface area (Å²) in [6.07, 6.45) is 0.265. The number of carbonyl (C=O) groups excluding carboxylic acids is 1. The molecule has 6 heteroatoms. The minimum absolute atomic E-state index is 0.0141. The summed E-state index contributed by atoms with van der Waals surface area (Å²) in [7, 11) is -3.06. The van der Waals surface area contributed by atoms with Crippen LogP contribution in [0.15, 0.2) is 18.2 Å². The minimum atomic E-state index is -3.06. The average Bonchev–Trinajstić information content (AvgIpc) is 2.70. The van der Waals surface area contributed by atoms with Crippen molar-refractivity contribution < 1.29 is 17.6 Å². The van der Waals surface area contributed by atoms with Gasteiger partial charge in [-0.25, -0.2) is 12.8 Å². The number of rotatable bonds is 1. The lowest BCUT2D eigenvalue weighted by molar-refractivity contribution is -0.117. The van der Waals surface area contributed by atoms with E-state index < -0.39 is 9.84 Å². The van der Waals surface area contributed by atoms with Crippen LogP contribution in [0.25, 0.3) is 0 Å². The molecule has 102 valence electrons. The van der Waals surface area contributed by atoms with Gasteiger partial charge in [-0.15, -0.1) is 0 Å². The Kier molecular flexibility index (Phi) is 2.67. The molecule has 4 nitrogen and oxygen atoms in total. The largest absolute Gasteiger partial charge is 0.308 e. The van der Waals surface area contributed by atoms with Gasteiger partial charge < -0.3 is 4.90 Å². The number of hydrogen-bond donors (Lipinski definition) is 0. The van der Waals surface area contributed by atoms with Crippen LogP contribution in [0.2, 0.25) is 0 Å². The van der Waals surface area contributed by atoms with Crippen molar-refractivity contribution in [3.8, 4) is 0 Å². The van der Waals surface area contributed by atoms with E-state index in [9.17, 15) is 17.6 Å². The number of fused-ring (bicyclic) bond motifs is 1. The normalized spacial score (nSPS) is 28.7. The SMILES string of the molecule is Cc1cc(F)ccc1N1C(=O)C[C@@H]2CS(=O)(=O)C[C@@H]21. The molecule has 1 aromatic rings. The molecule has 0 spiro atoms. The molecule has 3 rings (SSSR count). The highest BCUT2D eigenvalue weighted by Gasteiger charge is 2.49. The lowest BCUT2D eigenvalue weighted by Gasteiger charge is -2.25. The van der Waals surface area contributed by atoms with Crippen molar-refractivity contribution in [2.75, 3.05) is 16.4 Å². The summed E-state index contributed by atoms with van der Waals surface area (Å²) in [4.78, 5) is 13.6. The first kappa shape index (κ1) is 12.6. The van der Waals surface area contributed by atoms with E-state index in [1.165, 1.54) is 12.1 Å². The molecule has 1 amide bonds. The van der Waals surface area contributed by atoms with Crippen molar-refractivity contribution in [1.82, 2.24) is 0 Å². The molecule has 2 aliphatic heterocycles. The first-order chi connectivity index (χ1) is 8.87. The quantitative estimate of drug-likeness (QED) is 0.780. The third kappa shape index (κ3) is 2.04. The maximum absolute atomic E-state index is 13.1. The number of nitrogens with zero attached hydrogens (tertiary/aromatic N) is 1. The molecule has 0 unspecified atom stereocenters. The number of anilines is 1. The fourth-order valence-electron chi connectivity index (χ4n) is 3.09. The molecule has 0 saturated carbocycles. The molecule has 0 aromatic heterocycles. The molecule has 2 saturated heterocycles. The van der Waals surface area contributed by atoms with Gasteiger partial charge in [0.2, 0.25) is 5.91 Å². The van der Waals surface area contributed by atoms with E-state index in [0.717, 1.165) is 0 Å². The summed E-state index contributed by atoms with van der Waals surface area (Å²) >= 11 is 0. The monoisotopic (exact) mass is 283 g/mol. The van der Waals surface area contributed by atoms with Crippen molar-refractivity contribution in [1.29, 1.82) is 0 Å². The maximum Gasteiger partial charge on any atom is 0.227 e. The first-order valence-electron chi connectivity index (χ1n) is 6.16. The molecular formula is C13H14FNO3S. The lowest BCUT2D eigenvalue weighted by atomic mass is 10.0. The zero-order valence-corrected chi connectivity index (χ0v) is 11.3. The fraction of sp³-hybridized carbons (Fsp3) is 0.462. The highest BCUT2D eigenvalue weighted by molar-refractivity contribution is 7.91. The van der Waals surface area contributed by atoms with Gasteiger partial charge in [-0.1, -0.05) is 0 Å². The van der Waals surface area contributed by atoms with Gasteiger partial charge in [-0.2, -0.15) is 0 Å². The van der Waals surface area contributed by atoms with Crippen molar-refractivity contribution in [3.05, 3.63) is 29.6 Å². The van der Waals surface area contributed by atoms with Gasteiger partial charge in [0.1, 0.15) is 5.82 Å².